The monoisotopic (exact) mass is 405 g/mol. The predicted molar refractivity (Wildman–Crippen MR) is 112 cm³/mol. The van der Waals surface area contributed by atoms with Crippen molar-refractivity contribution in [3.63, 3.8) is 0 Å². The van der Waals surface area contributed by atoms with Crippen molar-refractivity contribution in [2.75, 3.05) is 38.6 Å². The van der Waals surface area contributed by atoms with Crippen molar-refractivity contribution in [2.24, 2.45) is 4.99 Å². The average molecular weight is 405 g/mol. The maximum absolute atomic E-state index is 12.0. The number of likely N-dealkylation sites (tertiary alicyclic amines) is 1. The first-order valence-electron chi connectivity index (χ1n) is 9.62. The highest BCUT2D eigenvalue weighted by Gasteiger charge is 2.34. The van der Waals surface area contributed by atoms with Gasteiger partial charge in [0.2, 0.25) is 5.91 Å². The summed E-state index contributed by atoms with van der Waals surface area (Å²) >= 11 is 0. The number of aliphatic imine (C=N–C) groups is 1. The van der Waals surface area contributed by atoms with Crippen molar-refractivity contribution in [1.82, 2.24) is 15.5 Å². The highest BCUT2D eigenvalue weighted by molar-refractivity contribution is 5.88. The van der Waals surface area contributed by atoms with E-state index in [1.807, 2.05) is 32.9 Å². The minimum Gasteiger partial charge on any atom is -0.492 e. The summed E-state index contributed by atoms with van der Waals surface area (Å²) in [5.74, 6) is 1.20. The van der Waals surface area contributed by atoms with Crippen molar-refractivity contribution in [3.8, 4) is 5.75 Å². The van der Waals surface area contributed by atoms with Crippen LogP contribution in [0.25, 0.3) is 0 Å². The van der Waals surface area contributed by atoms with Gasteiger partial charge in [0.15, 0.2) is 5.96 Å². The van der Waals surface area contributed by atoms with Crippen LogP contribution in [0.3, 0.4) is 0 Å². The van der Waals surface area contributed by atoms with E-state index >= 15 is 0 Å². The summed E-state index contributed by atoms with van der Waals surface area (Å²) in [5, 5.41) is 9.16. The predicted octanol–water partition coefficient (Wildman–Crippen LogP) is 1.81. The number of hydrogen-bond acceptors (Lipinski definition) is 5. The molecule has 0 aliphatic carbocycles. The van der Waals surface area contributed by atoms with Crippen LogP contribution in [-0.4, -0.2) is 67.8 Å². The molecular formula is C20H31N5O4. The van der Waals surface area contributed by atoms with E-state index in [1.54, 1.807) is 24.1 Å². The molecule has 1 fully saturated rings. The largest absolute Gasteiger partial charge is 0.492 e. The highest BCUT2D eigenvalue weighted by Crippen LogP contribution is 2.17. The average Bonchev–Trinajstić information content (AvgIpc) is 2.57. The fraction of sp³-hybridized carbons (Fsp3) is 0.550. The fourth-order valence-corrected chi connectivity index (χ4v) is 2.64. The number of anilines is 1. The smallest absolute Gasteiger partial charge is 0.410 e. The Labute approximate surface area is 171 Å². The zero-order chi connectivity index (χ0) is 21.4. The molecule has 1 aromatic carbocycles. The summed E-state index contributed by atoms with van der Waals surface area (Å²) in [7, 11) is 1.69. The van der Waals surface area contributed by atoms with Gasteiger partial charge in [-0.2, -0.15) is 0 Å². The normalized spacial score (nSPS) is 14.7. The Morgan fingerprint density at radius 3 is 2.62 bits per heavy atom. The van der Waals surface area contributed by atoms with Crippen molar-refractivity contribution < 1.29 is 19.1 Å². The van der Waals surface area contributed by atoms with Crippen molar-refractivity contribution in [2.45, 2.75) is 39.3 Å². The van der Waals surface area contributed by atoms with Crippen LogP contribution in [0.5, 0.6) is 5.75 Å². The SMILES string of the molecule is CN=C(NCCOc1cccc(NC(C)=O)c1)NC1CN(C(=O)OC(C)(C)C)C1. The maximum atomic E-state index is 12.0. The molecule has 0 atom stereocenters. The van der Waals surface area contributed by atoms with Crippen LogP contribution in [0.2, 0.25) is 0 Å². The number of carbonyl (C=O) groups is 2. The summed E-state index contributed by atoms with van der Waals surface area (Å²) in [6.45, 7) is 9.14. The Morgan fingerprint density at radius 2 is 2.00 bits per heavy atom. The molecule has 29 heavy (non-hydrogen) atoms. The molecule has 9 nitrogen and oxygen atoms in total. The number of rotatable bonds is 6. The molecule has 2 amide bonds. The van der Waals surface area contributed by atoms with E-state index in [0.717, 1.165) is 0 Å². The second-order valence-electron chi connectivity index (χ2n) is 7.78. The minimum absolute atomic E-state index is 0.125. The van der Waals surface area contributed by atoms with Crippen LogP contribution in [0, 0.1) is 0 Å². The minimum atomic E-state index is -0.491. The van der Waals surface area contributed by atoms with Gasteiger partial charge in [0.05, 0.1) is 12.6 Å². The highest BCUT2D eigenvalue weighted by atomic mass is 16.6. The molecule has 1 heterocycles. The van der Waals surface area contributed by atoms with Gasteiger partial charge < -0.3 is 30.3 Å². The molecule has 2 rings (SSSR count). The van der Waals surface area contributed by atoms with Gasteiger partial charge in [-0.05, 0) is 32.9 Å². The quantitative estimate of drug-likeness (QED) is 0.379. The maximum Gasteiger partial charge on any atom is 0.410 e. The van der Waals surface area contributed by atoms with Gasteiger partial charge in [-0.3, -0.25) is 9.79 Å². The zero-order valence-corrected chi connectivity index (χ0v) is 17.7. The van der Waals surface area contributed by atoms with Gasteiger partial charge in [0.1, 0.15) is 18.0 Å². The van der Waals surface area contributed by atoms with E-state index in [-0.39, 0.29) is 18.0 Å². The van der Waals surface area contributed by atoms with Gasteiger partial charge in [0, 0.05) is 38.8 Å². The molecule has 160 valence electrons. The molecule has 3 N–H and O–H groups in total. The Kier molecular flexibility index (Phi) is 7.69. The molecule has 1 saturated heterocycles. The third-order valence-corrected chi connectivity index (χ3v) is 3.92. The lowest BCUT2D eigenvalue weighted by Gasteiger charge is -2.40. The Morgan fingerprint density at radius 1 is 1.28 bits per heavy atom. The molecule has 9 heteroatoms. The van der Waals surface area contributed by atoms with Crippen molar-refractivity contribution >= 4 is 23.6 Å². The number of benzene rings is 1. The zero-order valence-electron chi connectivity index (χ0n) is 17.7. The molecule has 0 bridgehead atoms. The first-order valence-corrected chi connectivity index (χ1v) is 9.62. The Balaban J connectivity index is 1.66. The van der Waals surface area contributed by atoms with Gasteiger partial charge in [-0.15, -0.1) is 0 Å². The van der Waals surface area contributed by atoms with Crippen LogP contribution >= 0.6 is 0 Å². The van der Waals surface area contributed by atoms with E-state index in [4.69, 9.17) is 9.47 Å². The molecule has 0 saturated carbocycles. The summed E-state index contributed by atoms with van der Waals surface area (Å²) < 4.78 is 11.0. The van der Waals surface area contributed by atoms with E-state index in [9.17, 15) is 9.59 Å². The number of carbonyl (C=O) groups excluding carboxylic acids is 2. The lowest BCUT2D eigenvalue weighted by atomic mass is 10.1. The Hall–Kier alpha value is -2.97. The topological polar surface area (TPSA) is 104 Å². The number of nitrogens with zero attached hydrogens (tertiary/aromatic N) is 2. The number of ether oxygens (including phenoxy) is 2. The lowest BCUT2D eigenvalue weighted by molar-refractivity contribution is -0.114. The van der Waals surface area contributed by atoms with Gasteiger partial charge in [-0.1, -0.05) is 6.07 Å². The van der Waals surface area contributed by atoms with Gasteiger partial charge in [0.25, 0.3) is 0 Å². The second-order valence-corrected chi connectivity index (χ2v) is 7.78. The van der Waals surface area contributed by atoms with E-state index in [2.05, 4.69) is 20.9 Å². The number of hydrogen-bond donors (Lipinski definition) is 3. The van der Waals surface area contributed by atoms with Crippen LogP contribution in [0.15, 0.2) is 29.3 Å². The molecule has 0 radical (unpaired) electrons. The van der Waals surface area contributed by atoms with Crippen LogP contribution in [0.1, 0.15) is 27.7 Å². The first-order chi connectivity index (χ1) is 13.7. The summed E-state index contributed by atoms with van der Waals surface area (Å²) in [4.78, 5) is 28.9. The molecule has 0 unspecified atom stereocenters. The number of nitrogens with one attached hydrogen (secondary N) is 3. The Bertz CT molecular complexity index is 739. The van der Waals surface area contributed by atoms with Crippen LogP contribution < -0.4 is 20.7 Å². The number of amides is 2. The molecule has 1 aliphatic heterocycles. The van der Waals surface area contributed by atoms with E-state index < -0.39 is 5.60 Å². The second kappa shape index (κ2) is 9.99. The third kappa shape index (κ3) is 7.89. The molecule has 1 aromatic rings. The lowest BCUT2D eigenvalue weighted by Crippen LogP contribution is -2.63. The van der Waals surface area contributed by atoms with Crippen molar-refractivity contribution in [1.29, 1.82) is 0 Å². The molecule has 0 spiro atoms. The van der Waals surface area contributed by atoms with Crippen molar-refractivity contribution in [3.05, 3.63) is 24.3 Å². The van der Waals surface area contributed by atoms with E-state index in [0.29, 0.717) is 43.6 Å². The van der Waals surface area contributed by atoms with E-state index in [1.165, 1.54) is 6.92 Å². The fourth-order valence-electron chi connectivity index (χ4n) is 2.64. The van der Waals surface area contributed by atoms with Crippen LogP contribution in [-0.2, 0) is 9.53 Å². The van der Waals surface area contributed by atoms with Crippen LogP contribution in [0.4, 0.5) is 10.5 Å². The standard InChI is InChI=1S/C20H31N5O4/c1-14(26)23-15-7-6-8-17(11-15)28-10-9-22-18(21-5)24-16-12-25(13-16)19(27)29-20(2,3)4/h6-8,11,16H,9-10,12-13H2,1-5H3,(H,23,26)(H2,21,22,24). The van der Waals surface area contributed by atoms with Gasteiger partial charge in [-0.25, -0.2) is 4.79 Å². The molecule has 0 aromatic heterocycles. The van der Waals surface area contributed by atoms with Gasteiger partial charge >= 0.3 is 6.09 Å². The number of guanidine groups is 1. The summed E-state index contributed by atoms with van der Waals surface area (Å²) in [6, 6.07) is 7.36. The summed E-state index contributed by atoms with van der Waals surface area (Å²) in [5.41, 5.74) is 0.203. The molecular weight excluding hydrogens is 374 g/mol. The third-order valence-electron chi connectivity index (χ3n) is 3.92. The first kappa shape index (κ1) is 22.3. The summed E-state index contributed by atoms with van der Waals surface area (Å²) in [6.07, 6.45) is -0.298. The molecule has 1 aliphatic rings.